The number of piperidine rings is 2. The molecule has 0 aromatic carbocycles. The van der Waals surface area contributed by atoms with E-state index in [-0.39, 0.29) is 47.1 Å². The number of hydrogen-bond acceptors (Lipinski definition) is 7. The van der Waals surface area contributed by atoms with Gasteiger partial charge in [0.05, 0.1) is 38.6 Å². The molecule has 1 unspecified atom stereocenters. The Kier molecular flexibility index (Phi) is 17.1. The smallest absolute Gasteiger partial charge is 0.104 e. The molecule has 2 aliphatic rings. The highest BCUT2D eigenvalue weighted by atomic mass is 16.7. The van der Waals surface area contributed by atoms with Crippen LogP contribution >= 0.6 is 0 Å². The van der Waals surface area contributed by atoms with Crippen molar-refractivity contribution < 1.29 is 24.3 Å². The van der Waals surface area contributed by atoms with Gasteiger partial charge in [-0.25, -0.2) is 0 Å². The van der Waals surface area contributed by atoms with Gasteiger partial charge in [-0.05, 0) is 93.9 Å². The first-order valence-corrected chi connectivity index (χ1v) is 18.4. The van der Waals surface area contributed by atoms with Gasteiger partial charge in [-0.3, -0.25) is 9.68 Å². The fourth-order valence-electron chi connectivity index (χ4n) is 7.98. The molecule has 0 amide bonds. The van der Waals surface area contributed by atoms with Crippen LogP contribution in [0.2, 0.25) is 0 Å². The third-order valence-corrected chi connectivity index (χ3v) is 9.65. The summed E-state index contributed by atoms with van der Waals surface area (Å²) in [6.45, 7) is 24.5. The van der Waals surface area contributed by atoms with Crippen LogP contribution in [0.5, 0.6) is 0 Å². The van der Waals surface area contributed by atoms with E-state index < -0.39 is 0 Å². The van der Waals surface area contributed by atoms with Gasteiger partial charge in [0.2, 0.25) is 0 Å². The molecule has 1 N–H and O–H groups in total. The molecule has 0 aromatic heterocycles. The van der Waals surface area contributed by atoms with E-state index >= 15 is 0 Å². The van der Waals surface area contributed by atoms with E-state index in [2.05, 4.69) is 79.4 Å². The van der Waals surface area contributed by atoms with Gasteiger partial charge in [-0.15, -0.1) is 0 Å². The summed E-state index contributed by atoms with van der Waals surface area (Å²) < 4.78 is 13.1. The van der Waals surface area contributed by atoms with Crippen LogP contribution in [0.3, 0.4) is 0 Å². The highest BCUT2D eigenvalue weighted by Gasteiger charge is 2.49. The second-order valence-corrected chi connectivity index (χ2v) is 16.4. The maximum absolute atomic E-state index is 10.3. The summed E-state index contributed by atoms with van der Waals surface area (Å²) in [5.41, 5.74) is -0.598. The molecule has 7 nitrogen and oxygen atoms in total. The SMILES string of the molecule is CCCCCCCCON1C(C)(C)CC(OCC(CO)OC2CC(C)(C)N(OCCCCCCCC)C(C)(C)C2)CC1(C)C. The predicted molar refractivity (Wildman–Crippen MR) is 183 cm³/mol. The van der Waals surface area contributed by atoms with Crippen molar-refractivity contribution in [1.82, 2.24) is 10.1 Å². The largest absolute Gasteiger partial charge is 0.394 e. The second-order valence-electron chi connectivity index (χ2n) is 16.4. The Morgan fingerprint density at radius 1 is 0.568 bits per heavy atom. The Morgan fingerprint density at radius 3 is 1.32 bits per heavy atom. The van der Waals surface area contributed by atoms with Crippen molar-refractivity contribution in [2.45, 2.75) is 212 Å². The highest BCUT2D eigenvalue weighted by Crippen LogP contribution is 2.42. The topological polar surface area (TPSA) is 63.6 Å². The Hall–Kier alpha value is -0.280. The lowest BCUT2D eigenvalue weighted by Gasteiger charge is -2.54. The lowest BCUT2D eigenvalue weighted by Crippen LogP contribution is -2.62. The Bertz CT molecular complexity index is 735. The number of rotatable bonds is 22. The first-order chi connectivity index (χ1) is 20.7. The van der Waals surface area contributed by atoms with Crippen LogP contribution in [0.1, 0.15) is 172 Å². The fourth-order valence-corrected chi connectivity index (χ4v) is 7.98. The third-order valence-electron chi connectivity index (χ3n) is 9.65. The van der Waals surface area contributed by atoms with E-state index in [0.717, 1.165) is 51.7 Å². The zero-order valence-electron chi connectivity index (χ0n) is 30.8. The molecule has 2 saturated heterocycles. The molecule has 0 aliphatic carbocycles. The summed E-state index contributed by atoms with van der Waals surface area (Å²) in [5, 5.41) is 14.7. The summed E-state index contributed by atoms with van der Waals surface area (Å²) in [5.74, 6) is 0. The lowest BCUT2D eigenvalue weighted by atomic mass is 9.80. The minimum atomic E-state index is -0.338. The van der Waals surface area contributed by atoms with Gasteiger partial charge in [0, 0.05) is 22.2 Å². The van der Waals surface area contributed by atoms with E-state index in [9.17, 15) is 5.11 Å². The number of aliphatic hydroxyl groups excluding tert-OH is 1. The molecule has 2 heterocycles. The minimum absolute atomic E-state index is 0.0391. The summed E-state index contributed by atoms with van der Waals surface area (Å²) >= 11 is 0. The normalized spacial score (nSPS) is 23.2. The average Bonchev–Trinajstić information content (AvgIpc) is 2.91. The van der Waals surface area contributed by atoms with E-state index in [4.69, 9.17) is 19.1 Å². The van der Waals surface area contributed by atoms with Crippen LogP contribution in [0.25, 0.3) is 0 Å². The van der Waals surface area contributed by atoms with E-state index in [1.54, 1.807) is 0 Å². The van der Waals surface area contributed by atoms with Crippen molar-refractivity contribution in [3.05, 3.63) is 0 Å². The van der Waals surface area contributed by atoms with Gasteiger partial charge < -0.3 is 14.6 Å². The van der Waals surface area contributed by atoms with Crippen LogP contribution in [-0.4, -0.2) is 82.1 Å². The van der Waals surface area contributed by atoms with Gasteiger partial charge in [-0.2, -0.15) is 10.1 Å². The van der Waals surface area contributed by atoms with Crippen molar-refractivity contribution in [3.63, 3.8) is 0 Å². The number of hydrogen-bond donors (Lipinski definition) is 1. The third kappa shape index (κ3) is 13.1. The molecule has 2 aliphatic heterocycles. The average molecular weight is 627 g/mol. The molecule has 2 fully saturated rings. The number of hydroxylamine groups is 4. The van der Waals surface area contributed by atoms with Gasteiger partial charge in [0.25, 0.3) is 0 Å². The van der Waals surface area contributed by atoms with Gasteiger partial charge >= 0.3 is 0 Å². The minimum Gasteiger partial charge on any atom is -0.394 e. The number of aliphatic hydroxyl groups is 1. The maximum Gasteiger partial charge on any atom is 0.104 e. The number of unbranched alkanes of at least 4 members (excludes halogenated alkanes) is 10. The summed E-state index contributed by atoms with van der Waals surface area (Å²) in [7, 11) is 0. The fraction of sp³-hybridized carbons (Fsp3) is 1.00. The number of ether oxygens (including phenoxy) is 2. The summed E-state index contributed by atoms with van der Waals surface area (Å²) in [4.78, 5) is 12.8. The standard InChI is InChI=1S/C37H74N2O5/c1-11-13-15-17-19-21-23-42-38-34(3,4)25-31(26-35(38,5)6)41-30-33(29-40)44-32-27-36(7,8)39(37(9,10)28-32)43-24-22-20-18-16-14-12-2/h31-33,40H,11-30H2,1-10H3. The van der Waals surface area contributed by atoms with E-state index in [0.29, 0.717) is 6.61 Å². The van der Waals surface area contributed by atoms with Crippen LogP contribution in [-0.2, 0) is 19.1 Å². The monoisotopic (exact) mass is 627 g/mol. The zero-order valence-corrected chi connectivity index (χ0v) is 30.8. The Balaban J connectivity index is 1.83. The van der Waals surface area contributed by atoms with Crippen molar-refractivity contribution >= 4 is 0 Å². The molecule has 1 atom stereocenters. The first kappa shape index (κ1) is 39.9. The van der Waals surface area contributed by atoms with Crippen molar-refractivity contribution in [2.24, 2.45) is 0 Å². The first-order valence-electron chi connectivity index (χ1n) is 18.4. The second kappa shape index (κ2) is 18.9. The lowest BCUT2D eigenvalue weighted by molar-refractivity contribution is -0.302. The van der Waals surface area contributed by atoms with Crippen LogP contribution in [0, 0.1) is 0 Å². The van der Waals surface area contributed by atoms with Crippen LogP contribution in [0.15, 0.2) is 0 Å². The molecule has 0 saturated carbocycles. The molecular formula is C37H74N2O5. The molecule has 0 aromatic rings. The maximum atomic E-state index is 10.3. The van der Waals surface area contributed by atoms with Crippen LogP contribution in [0.4, 0.5) is 0 Å². The summed E-state index contributed by atoms with van der Waals surface area (Å²) in [6, 6.07) is 0. The molecule has 0 radical (unpaired) electrons. The van der Waals surface area contributed by atoms with Crippen molar-refractivity contribution in [3.8, 4) is 0 Å². The molecule has 0 bridgehead atoms. The molecule has 44 heavy (non-hydrogen) atoms. The van der Waals surface area contributed by atoms with E-state index in [1.807, 2.05) is 0 Å². The van der Waals surface area contributed by atoms with Crippen molar-refractivity contribution in [2.75, 3.05) is 26.4 Å². The quantitative estimate of drug-likeness (QED) is 0.120. The number of nitrogens with zero attached hydrogens (tertiary/aromatic N) is 2. The van der Waals surface area contributed by atoms with Gasteiger partial charge in [0.15, 0.2) is 0 Å². The predicted octanol–water partition coefficient (Wildman–Crippen LogP) is 9.01. The highest BCUT2D eigenvalue weighted by molar-refractivity contribution is 4.99. The molecule has 262 valence electrons. The van der Waals surface area contributed by atoms with Gasteiger partial charge in [-0.1, -0.05) is 78.1 Å². The molecule has 2 rings (SSSR count). The molecular weight excluding hydrogens is 552 g/mol. The van der Waals surface area contributed by atoms with Crippen molar-refractivity contribution in [1.29, 1.82) is 0 Å². The summed E-state index contributed by atoms with van der Waals surface area (Å²) in [6.07, 6.45) is 18.5. The zero-order chi connectivity index (χ0) is 32.9. The molecule has 0 spiro atoms. The van der Waals surface area contributed by atoms with Gasteiger partial charge in [0.1, 0.15) is 6.10 Å². The Labute approximate surface area is 273 Å². The van der Waals surface area contributed by atoms with E-state index in [1.165, 1.54) is 64.2 Å². The Morgan fingerprint density at radius 2 is 0.932 bits per heavy atom. The van der Waals surface area contributed by atoms with Crippen LogP contribution < -0.4 is 0 Å². The molecule has 7 heteroatoms.